The molecule has 2 heteroatoms. The number of carbonyl (C=O) groups is 1. The van der Waals surface area contributed by atoms with Gasteiger partial charge in [0.1, 0.15) is 6.10 Å². The zero-order valence-electron chi connectivity index (χ0n) is 11.3. The van der Waals surface area contributed by atoms with Gasteiger partial charge in [-0.15, -0.1) is 0 Å². The molecule has 0 unspecified atom stereocenters. The lowest BCUT2D eigenvalue weighted by molar-refractivity contribution is -0.150. The Hall–Kier alpha value is -1.31. The number of carbonyl (C=O) groups excluding carboxylic acids is 1. The summed E-state index contributed by atoms with van der Waals surface area (Å²) in [5.74, 6) is 0.605. The molecule has 1 saturated carbocycles. The fourth-order valence-corrected chi connectivity index (χ4v) is 2.59. The Kier molecular flexibility index (Phi) is 4.40. The molecule has 0 aliphatic heterocycles. The van der Waals surface area contributed by atoms with Crippen molar-refractivity contribution in [2.45, 2.75) is 52.1 Å². The second-order valence-electron chi connectivity index (χ2n) is 5.55. The van der Waals surface area contributed by atoms with Crippen LogP contribution in [0.15, 0.2) is 24.3 Å². The second kappa shape index (κ2) is 6.03. The highest BCUT2D eigenvalue weighted by Gasteiger charge is 2.22. The van der Waals surface area contributed by atoms with E-state index in [2.05, 4.69) is 6.92 Å². The first-order valence-corrected chi connectivity index (χ1v) is 6.88. The van der Waals surface area contributed by atoms with Gasteiger partial charge in [-0.2, -0.15) is 0 Å². The highest BCUT2D eigenvalue weighted by atomic mass is 16.5. The molecule has 0 heterocycles. The maximum atomic E-state index is 11.9. The van der Waals surface area contributed by atoms with Crippen LogP contribution in [0.5, 0.6) is 0 Å². The highest BCUT2D eigenvalue weighted by Crippen LogP contribution is 2.25. The van der Waals surface area contributed by atoms with Crippen LogP contribution in [-0.4, -0.2) is 12.1 Å². The van der Waals surface area contributed by atoms with E-state index < -0.39 is 0 Å². The molecule has 18 heavy (non-hydrogen) atoms. The number of rotatable bonds is 3. The Balaban J connectivity index is 1.83. The summed E-state index contributed by atoms with van der Waals surface area (Å²) in [5, 5.41) is 0. The fourth-order valence-electron chi connectivity index (χ4n) is 2.59. The topological polar surface area (TPSA) is 26.3 Å². The van der Waals surface area contributed by atoms with Crippen LogP contribution in [-0.2, 0) is 16.0 Å². The van der Waals surface area contributed by atoms with Gasteiger partial charge in [0.15, 0.2) is 0 Å². The number of esters is 1. The quantitative estimate of drug-likeness (QED) is 0.761. The van der Waals surface area contributed by atoms with Crippen LogP contribution in [0, 0.1) is 12.8 Å². The zero-order valence-corrected chi connectivity index (χ0v) is 11.3. The number of hydrogen-bond acceptors (Lipinski definition) is 2. The number of hydrogen-bond donors (Lipinski definition) is 0. The summed E-state index contributed by atoms with van der Waals surface area (Å²) in [4.78, 5) is 11.9. The summed E-state index contributed by atoms with van der Waals surface area (Å²) in [7, 11) is 0. The van der Waals surface area contributed by atoms with Crippen LogP contribution in [0.4, 0.5) is 0 Å². The molecule has 2 nitrogen and oxygen atoms in total. The average Bonchev–Trinajstić information content (AvgIpc) is 2.32. The van der Waals surface area contributed by atoms with E-state index in [0.717, 1.165) is 18.4 Å². The summed E-state index contributed by atoms with van der Waals surface area (Å²) in [6.07, 6.45) is 5.05. The van der Waals surface area contributed by atoms with Gasteiger partial charge >= 0.3 is 5.97 Å². The average molecular weight is 246 g/mol. The first-order chi connectivity index (χ1) is 8.63. The Labute approximate surface area is 109 Å². The van der Waals surface area contributed by atoms with Crippen LogP contribution in [0.25, 0.3) is 0 Å². The van der Waals surface area contributed by atoms with Gasteiger partial charge in [-0.25, -0.2) is 0 Å². The molecular weight excluding hydrogens is 224 g/mol. The number of ether oxygens (including phenoxy) is 1. The van der Waals surface area contributed by atoms with Crippen LogP contribution < -0.4 is 0 Å². The molecular formula is C16H22O2. The number of aryl methyl sites for hydroxylation is 1. The lowest BCUT2D eigenvalue weighted by Crippen LogP contribution is -2.25. The normalized spacial score (nSPS) is 23.7. The molecule has 1 fully saturated rings. The van der Waals surface area contributed by atoms with Crippen molar-refractivity contribution in [3.8, 4) is 0 Å². The molecule has 2 atom stereocenters. The van der Waals surface area contributed by atoms with Crippen molar-refractivity contribution >= 4 is 5.97 Å². The third kappa shape index (κ3) is 3.86. The molecule has 0 N–H and O–H groups in total. The molecule has 98 valence electrons. The number of benzene rings is 1. The Morgan fingerprint density at radius 1 is 1.28 bits per heavy atom. The minimum atomic E-state index is -0.0852. The van der Waals surface area contributed by atoms with Crippen LogP contribution in [0.2, 0.25) is 0 Å². The van der Waals surface area contributed by atoms with Crippen LogP contribution in [0.3, 0.4) is 0 Å². The van der Waals surface area contributed by atoms with E-state index in [1.54, 1.807) is 0 Å². The molecule has 2 rings (SSSR count). The molecule has 0 amide bonds. The molecule has 1 aliphatic carbocycles. The van der Waals surface area contributed by atoms with Gasteiger partial charge in [0.25, 0.3) is 0 Å². The fraction of sp³-hybridized carbons (Fsp3) is 0.562. The lowest BCUT2D eigenvalue weighted by Gasteiger charge is -2.26. The largest absolute Gasteiger partial charge is 0.462 e. The minimum Gasteiger partial charge on any atom is -0.462 e. The van der Waals surface area contributed by atoms with Gasteiger partial charge in [0.05, 0.1) is 6.42 Å². The van der Waals surface area contributed by atoms with E-state index in [1.807, 2.05) is 31.2 Å². The first-order valence-electron chi connectivity index (χ1n) is 6.88. The highest BCUT2D eigenvalue weighted by molar-refractivity contribution is 5.72. The molecule has 0 radical (unpaired) electrons. The van der Waals surface area contributed by atoms with Crippen molar-refractivity contribution < 1.29 is 9.53 Å². The second-order valence-corrected chi connectivity index (χ2v) is 5.55. The summed E-state index contributed by atoms with van der Waals surface area (Å²) >= 11 is 0. The van der Waals surface area contributed by atoms with Gasteiger partial charge < -0.3 is 4.74 Å². The Bertz CT molecular complexity index is 394. The SMILES string of the molecule is Cc1ccc(CC(=O)O[C@H]2CCC[C@@H](C)C2)cc1. The third-order valence-corrected chi connectivity index (χ3v) is 3.66. The van der Waals surface area contributed by atoms with E-state index in [1.165, 1.54) is 18.4 Å². The zero-order chi connectivity index (χ0) is 13.0. The van der Waals surface area contributed by atoms with Crippen LogP contribution >= 0.6 is 0 Å². The molecule has 0 aromatic heterocycles. The first kappa shape index (κ1) is 13.1. The van der Waals surface area contributed by atoms with Crippen molar-refractivity contribution in [3.05, 3.63) is 35.4 Å². The Morgan fingerprint density at radius 3 is 2.67 bits per heavy atom. The lowest BCUT2D eigenvalue weighted by atomic mass is 9.89. The maximum Gasteiger partial charge on any atom is 0.310 e. The molecule has 1 aromatic carbocycles. The summed E-state index contributed by atoms with van der Waals surface area (Å²) in [6.45, 7) is 4.28. The standard InChI is InChI=1S/C16H22O2/c1-12-6-8-14(9-7-12)11-16(17)18-15-5-3-4-13(2)10-15/h6-9,13,15H,3-5,10-11H2,1-2H3/t13-,15+/m1/s1. The van der Waals surface area contributed by atoms with E-state index in [9.17, 15) is 4.79 Å². The maximum absolute atomic E-state index is 11.9. The summed E-state index contributed by atoms with van der Waals surface area (Å²) in [5.41, 5.74) is 2.25. The Morgan fingerprint density at radius 2 is 2.00 bits per heavy atom. The van der Waals surface area contributed by atoms with Gasteiger partial charge in [0.2, 0.25) is 0 Å². The monoisotopic (exact) mass is 246 g/mol. The van der Waals surface area contributed by atoms with E-state index in [4.69, 9.17) is 4.74 Å². The molecule has 1 aliphatic rings. The molecule has 0 bridgehead atoms. The van der Waals surface area contributed by atoms with Crippen molar-refractivity contribution in [1.82, 2.24) is 0 Å². The predicted octanol–water partition coefficient (Wildman–Crippen LogP) is 3.66. The van der Waals surface area contributed by atoms with Crippen molar-refractivity contribution in [3.63, 3.8) is 0 Å². The molecule has 1 aromatic rings. The van der Waals surface area contributed by atoms with Crippen molar-refractivity contribution in [1.29, 1.82) is 0 Å². The van der Waals surface area contributed by atoms with Gasteiger partial charge in [-0.05, 0) is 37.7 Å². The van der Waals surface area contributed by atoms with Gasteiger partial charge in [-0.1, -0.05) is 43.2 Å². The van der Waals surface area contributed by atoms with E-state index in [0.29, 0.717) is 12.3 Å². The summed E-state index contributed by atoms with van der Waals surface area (Å²) < 4.78 is 5.56. The minimum absolute atomic E-state index is 0.0852. The smallest absolute Gasteiger partial charge is 0.310 e. The van der Waals surface area contributed by atoms with Crippen molar-refractivity contribution in [2.75, 3.05) is 0 Å². The van der Waals surface area contributed by atoms with Gasteiger partial charge in [0, 0.05) is 0 Å². The van der Waals surface area contributed by atoms with Crippen molar-refractivity contribution in [2.24, 2.45) is 5.92 Å². The molecule has 0 saturated heterocycles. The van der Waals surface area contributed by atoms with E-state index >= 15 is 0 Å². The van der Waals surface area contributed by atoms with Crippen LogP contribution in [0.1, 0.15) is 43.7 Å². The predicted molar refractivity (Wildman–Crippen MR) is 72.4 cm³/mol. The van der Waals surface area contributed by atoms with Gasteiger partial charge in [-0.3, -0.25) is 4.79 Å². The summed E-state index contributed by atoms with van der Waals surface area (Å²) in [6, 6.07) is 8.07. The third-order valence-electron chi connectivity index (χ3n) is 3.66. The van der Waals surface area contributed by atoms with E-state index in [-0.39, 0.29) is 12.1 Å². The molecule has 0 spiro atoms.